The van der Waals surface area contributed by atoms with Crippen molar-refractivity contribution in [3.8, 4) is 11.1 Å². The van der Waals surface area contributed by atoms with E-state index in [1.54, 1.807) is 23.1 Å². The Kier molecular flexibility index (Phi) is 5.86. The Labute approximate surface area is 192 Å². The molecule has 1 N–H and O–H groups in total. The highest BCUT2D eigenvalue weighted by molar-refractivity contribution is 6.36. The fraction of sp³-hybridized carbons (Fsp3) is 0.304. The molecule has 2 atom stereocenters. The number of morpholine rings is 1. The van der Waals surface area contributed by atoms with Crippen LogP contribution in [-0.2, 0) is 4.74 Å². The maximum atomic E-state index is 14.0. The van der Waals surface area contributed by atoms with Crippen molar-refractivity contribution in [1.82, 2.24) is 20.0 Å². The first-order chi connectivity index (χ1) is 15.9. The quantitative estimate of drug-likeness (QED) is 0.619. The number of nitrogens with one attached hydrogen (secondary N) is 1. The van der Waals surface area contributed by atoms with Crippen LogP contribution in [0.2, 0.25) is 5.02 Å². The van der Waals surface area contributed by atoms with Crippen LogP contribution in [0.1, 0.15) is 22.0 Å². The first-order valence-electron chi connectivity index (χ1n) is 10.5. The van der Waals surface area contributed by atoms with Gasteiger partial charge in [-0.25, -0.2) is 8.78 Å². The predicted molar refractivity (Wildman–Crippen MR) is 115 cm³/mol. The highest BCUT2D eigenvalue weighted by Gasteiger charge is 2.36. The molecule has 3 aromatic rings. The fourth-order valence-corrected chi connectivity index (χ4v) is 4.73. The van der Waals surface area contributed by atoms with E-state index in [0.29, 0.717) is 49.5 Å². The Balaban J connectivity index is 1.29. The minimum atomic E-state index is -0.900. The predicted octanol–water partition coefficient (Wildman–Crippen LogP) is 4.05. The van der Waals surface area contributed by atoms with Gasteiger partial charge in [-0.1, -0.05) is 29.8 Å². The van der Waals surface area contributed by atoms with E-state index < -0.39 is 17.6 Å². The van der Waals surface area contributed by atoms with Crippen molar-refractivity contribution in [2.45, 2.75) is 12.1 Å². The summed E-state index contributed by atoms with van der Waals surface area (Å²) in [4.78, 5) is 17.1. The fourth-order valence-electron chi connectivity index (χ4n) is 4.42. The first-order valence-corrected chi connectivity index (χ1v) is 10.9. The molecule has 0 radical (unpaired) electrons. The molecule has 2 saturated heterocycles. The molecule has 3 heterocycles. The van der Waals surface area contributed by atoms with Gasteiger partial charge in [0.15, 0.2) is 11.6 Å². The largest absolute Gasteiger partial charge is 0.370 e. The lowest BCUT2D eigenvalue weighted by Gasteiger charge is -2.46. The van der Waals surface area contributed by atoms with Crippen molar-refractivity contribution in [3.05, 3.63) is 76.3 Å². The SMILES string of the molecule is O=C(c1cccc(-c2cn[nH]c2F)c1Cl)N1CCN2C[C@H](c3ccc(F)c(F)c3)OC[C@@H]2C1. The topological polar surface area (TPSA) is 61.5 Å². The van der Waals surface area contributed by atoms with Crippen LogP contribution < -0.4 is 0 Å². The van der Waals surface area contributed by atoms with Crippen LogP contribution >= 0.6 is 11.6 Å². The maximum absolute atomic E-state index is 14.0. The molecular formula is C23H20ClF3N4O2. The second-order valence-electron chi connectivity index (χ2n) is 8.16. The van der Waals surface area contributed by atoms with E-state index in [9.17, 15) is 18.0 Å². The number of carbonyl (C=O) groups is 1. The molecule has 10 heteroatoms. The summed E-state index contributed by atoms with van der Waals surface area (Å²) in [6, 6.07) is 8.68. The molecule has 0 bridgehead atoms. The minimum Gasteiger partial charge on any atom is -0.370 e. The molecule has 2 aromatic carbocycles. The molecule has 1 amide bonds. The molecule has 0 saturated carbocycles. The molecule has 33 heavy (non-hydrogen) atoms. The normalized spacial score (nSPS) is 21.2. The average Bonchev–Trinajstić information content (AvgIpc) is 3.25. The summed E-state index contributed by atoms with van der Waals surface area (Å²) in [5.41, 5.74) is 1.46. The molecule has 2 fully saturated rings. The second kappa shape index (κ2) is 8.81. The number of hydrogen-bond donors (Lipinski definition) is 1. The molecule has 1 aromatic heterocycles. The van der Waals surface area contributed by atoms with Gasteiger partial charge in [0.05, 0.1) is 41.1 Å². The molecule has 0 spiro atoms. The number of benzene rings is 2. The van der Waals surface area contributed by atoms with Crippen LogP contribution in [0.4, 0.5) is 13.2 Å². The minimum absolute atomic E-state index is 0.0301. The average molecular weight is 477 g/mol. The van der Waals surface area contributed by atoms with Gasteiger partial charge in [-0.2, -0.15) is 9.49 Å². The van der Waals surface area contributed by atoms with Crippen LogP contribution in [0.15, 0.2) is 42.6 Å². The highest BCUT2D eigenvalue weighted by Crippen LogP contribution is 2.33. The zero-order chi connectivity index (χ0) is 23.1. The number of carbonyl (C=O) groups excluding carboxylic acids is 1. The zero-order valence-electron chi connectivity index (χ0n) is 17.4. The lowest BCUT2D eigenvalue weighted by molar-refractivity contribution is -0.0859. The van der Waals surface area contributed by atoms with Gasteiger partial charge < -0.3 is 9.64 Å². The maximum Gasteiger partial charge on any atom is 0.255 e. The summed E-state index contributed by atoms with van der Waals surface area (Å²) >= 11 is 6.49. The summed E-state index contributed by atoms with van der Waals surface area (Å²) < 4.78 is 46.7. The zero-order valence-corrected chi connectivity index (χ0v) is 18.2. The third kappa shape index (κ3) is 4.12. The van der Waals surface area contributed by atoms with Crippen LogP contribution in [0.5, 0.6) is 0 Å². The Hall–Kier alpha value is -2.88. The molecule has 0 unspecified atom stereocenters. The van der Waals surface area contributed by atoms with Crippen LogP contribution in [0.3, 0.4) is 0 Å². The number of hydrogen-bond acceptors (Lipinski definition) is 4. The lowest BCUT2D eigenvalue weighted by atomic mass is 10.0. The number of rotatable bonds is 3. The third-order valence-corrected chi connectivity index (χ3v) is 6.62. The standard InChI is InChI=1S/C23H20ClF3N4O2/c24-21-15(17-9-28-29-22(17)27)2-1-3-16(21)23(32)31-7-6-30-11-20(33-12-14(30)10-31)13-4-5-18(25)19(26)8-13/h1-5,8-9,14,20H,6-7,10-12H2,(H,28,29)/t14-,20+/m0/s1. The molecule has 6 nitrogen and oxygen atoms in total. The number of halogens is 4. The summed E-state index contributed by atoms with van der Waals surface area (Å²) in [7, 11) is 0. The lowest BCUT2D eigenvalue weighted by Crippen LogP contribution is -2.59. The van der Waals surface area contributed by atoms with Crippen molar-refractivity contribution < 1.29 is 22.7 Å². The molecule has 2 aliphatic rings. The van der Waals surface area contributed by atoms with Gasteiger partial charge in [-0.3, -0.25) is 14.8 Å². The van der Waals surface area contributed by atoms with Gasteiger partial charge in [0.1, 0.15) is 0 Å². The van der Waals surface area contributed by atoms with E-state index in [1.807, 2.05) is 0 Å². The van der Waals surface area contributed by atoms with Gasteiger partial charge >= 0.3 is 0 Å². The van der Waals surface area contributed by atoms with E-state index in [0.717, 1.165) is 12.1 Å². The van der Waals surface area contributed by atoms with Crippen molar-refractivity contribution in [2.24, 2.45) is 0 Å². The third-order valence-electron chi connectivity index (χ3n) is 6.21. The first kappa shape index (κ1) is 21.9. The van der Waals surface area contributed by atoms with Crippen LogP contribution in [0.25, 0.3) is 11.1 Å². The number of amides is 1. The molecule has 2 aliphatic heterocycles. The molecule has 5 rings (SSSR count). The summed E-state index contributed by atoms with van der Waals surface area (Å²) in [6.07, 6.45) is 0.960. The van der Waals surface area contributed by atoms with Crippen molar-refractivity contribution in [1.29, 1.82) is 0 Å². The number of aromatic nitrogens is 2. The Bertz CT molecular complexity index is 1200. The van der Waals surface area contributed by atoms with Gasteiger partial charge in [0.2, 0.25) is 5.95 Å². The number of ether oxygens (including phenoxy) is 1. The van der Waals surface area contributed by atoms with Gasteiger partial charge in [0.25, 0.3) is 5.91 Å². The number of H-pyrrole nitrogens is 1. The van der Waals surface area contributed by atoms with Gasteiger partial charge in [0, 0.05) is 31.7 Å². The molecular weight excluding hydrogens is 457 g/mol. The van der Waals surface area contributed by atoms with Gasteiger partial charge in [-0.15, -0.1) is 0 Å². The Morgan fingerprint density at radius 3 is 2.70 bits per heavy atom. The highest BCUT2D eigenvalue weighted by atomic mass is 35.5. The smallest absolute Gasteiger partial charge is 0.255 e. The van der Waals surface area contributed by atoms with Crippen LogP contribution in [-0.4, -0.2) is 64.7 Å². The van der Waals surface area contributed by atoms with Crippen LogP contribution in [0, 0.1) is 17.6 Å². The van der Waals surface area contributed by atoms with E-state index >= 15 is 0 Å². The monoisotopic (exact) mass is 476 g/mol. The van der Waals surface area contributed by atoms with E-state index in [-0.39, 0.29) is 28.6 Å². The summed E-state index contributed by atoms with van der Waals surface area (Å²) in [5, 5.41) is 6.07. The summed E-state index contributed by atoms with van der Waals surface area (Å²) in [6.45, 7) is 2.38. The molecule has 0 aliphatic carbocycles. The number of piperazine rings is 1. The van der Waals surface area contributed by atoms with Crippen molar-refractivity contribution in [2.75, 3.05) is 32.8 Å². The van der Waals surface area contributed by atoms with E-state index in [4.69, 9.17) is 16.3 Å². The van der Waals surface area contributed by atoms with E-state index in [2.05, 4.69) is 15.1 Å². The number of aromatic amines is 1. The van der Waals surface area contributed by atoms with Crippen molar-refractivity contribution >= 4 is 17.5 Å². The number of nitrogens with zero attached hydrogens (tertiary/aromatic N) is 3. The van der Waals surface area contributed by atoms with Gasteiger partial charge in [-0.05, 0) is 23.8 Å². The second-order valence-corrected chi connectivity index (χ2v) is 8.54. The summed E-state index contributed by atoms with van der Waals surface area (Å²) in [5.74, 6) is -2.65. The Morgan fingerprint density at radius 2 is 1.94 bits per heavy atom. The van der Waals surface area contributed by atoms with Crippen molar-refractivity contribution in [3.63, 3.8) is 0 Å². The van der Waals surface area contributed by atoms with E-state index in [1.165, 1.54) is 12.3 Å². The number of fused-ring (bicyclic) bond motifs is 1. The molecule has 172 valence electrons. The Morgan fingerprint density at radius 1 is 1.09 bits per heavy atom.